The highest BCUT2D eigenvalue weighted by Gasteiger charge is 2.20. The zero-order chi connectivity index (χ0) is 16.8. The molecule has 1 aromatic rings. The molecule has 0 spiro atoms. The van der Waals surface area contributed by atoms with Crippen LogP contribution in [0, 0.1) is 11.8 Å². The number of nitrogens with two attached hydrogens (primary N) is 1. The summed E-state index contributed by atoms with van der Waals surface area (Å²) in [5.41, 5.74) is 7.80. The maximum Gasteiger partial charge on any atom is 0.222 e. The number of nitrogen functional groups attached to an aromatic ring is 1. The van der Waals surface area contributed by atoms with Gasteiger partial charge in [-0.2, -0.15) is 0 Å². The number of likely N-dealkylation sites (tertiary alicyclic amines) is 1. The summed E-state index contributed by atoms with van der Waals surface area (Å²) >= 11 is 0. The molecule has 128 valence electrons. The second-order valence-electron chi connectivity index (χ2n) is 7.16. The summed E-state index contributed by atoms with van der Waals surface area (Å²) in [5, 5.41) is 0. The lowest BCUT2D eigenvalue weighted by atomic mass is 9.99. The predicted octanol–water partition coefficient (Wildman–Crippen LogP) is 3.49. The van der Waals surface area contributed by atoms with Crippen LogP contribution in [-0.4, -0.2) is 30.5 Å². The van der Waals surface area contributed by atoms with Crippen LogP contribution in [0.5, 0.6) is 5.75 Å². The Morgan fingerprint density at radius 2 is 2.22 bits per heavy atom. The number of hydrogen-bond donors (Lipinski definition) is 1. The van der Waals surface area contributed by atoms with Crippen LogP contribution < -0.4 is 10.5 Å². The minimum atomic E-state index is 0.259. The van der Waals surface area contributed by atoms with Gasteiger partial charge in [0, 0.05) is 19.5 Å². The van der Waals surface area contributed by atoms with E-state index in [1.54, 1.807) is 0 Å². The van der Waals surface area contributed by atoms with Gasteiger partial charge >= 0.3 is 0 Å². The maximum atomic E-state index is 12.3. The highest BCUT2D eigenvalue weighted by atomic mass is 16.5. The molecule has 1 fully saturated rings. The molecule has 0 bridgehead atoms. The van der Waals surface area contributed by atoms with Gasteiger partial charge in [-0.25, -0.2) is 0 Å². The van der Waals surface area contributed by atoms with Gasteiger partial charge in [0.1, 0.15) is 5.75 Å². The summed E-state index contributed by atoms with van der Waals surface area (Å²) in [5.74, 6) is 2.09. The maximum absolute atomic E-state index is 12.3. The van der Waals surface area contributed by atoms with Crippen molar-refractivity contribution in [1.82, 2.24) is 4.90 Å². The van der Waals surface area contributed by atoms with Crippen molar-refractivity contribution in [2.75, 3.05) is 25.4 Å². The van der Waals surface area contributed by atoms with Crippen molar-refractivity contribution >= 4 is 11.6 Å². The first-order valence-corrected chi connectivity index (χ1v) is 8.74. The molecule has 0 aromatic heterocycles. The van der Waals surface area contributed by atoms with Gasteiger partial charge in [-0.15, -0.1) is 0 Å². The van der Waals surface area contributed by atoms with Gasteiger partial charge in [-0.1, -0.05) is 26.8 Å². The predicted molar refractivity (Wildman–Crippen MR) is 94.5 cm³/mol. The zero-order valence-corrected chi connectivity index (χ0v) is 14.7. The molecular weight excluding hydrogens is 288 g/mol. The van der Waals surface area contributed by atoms with Gasteiger partial charge in [-0.05, 0) is 48.8 Å². The van der Waals surface area contributed by atoms with E-state index in [4.69, 9.17) is 10.5 Å². The van der Waals surface area contributed by atoms with Crippen molar-refractivity contribution in [3.8, 4) is 5.75 Å². The SMILES string of the molecule is CC(C)COc1ccc(CCC(=O)N2CCCC(C)C2)cc1N. The average molecular weight is 318 g/mol. The van der Waals surface area contributed by atoms with Crippen LogP contribution in [0.4, 0.5) is 5.69 Å². The topological polar surface area (TPSA) is 55.6 Å². The quantitative estimate of drug-likeness (QED) is 0.817. The fourth-order valence-corrected chi connectivity index (χ4v) is 2.97. The Hall–Kier alpha value is -1.71. The van der Waals surface area contributed by atoms with Gasteiger partial charge in [0.2, 0.25) is 5.91 Å². The minimum Gasteiger partial charge on any atom is -0.491 e. The molecule has 1 heterocycles. The van der Waals surface area contributed by atoms with E-state index in [9.17, 15) is 4.79 Å². The van der Waals surface area contributed by atoms with E-state index >= 15 is 0 Å². The summed E-state index contributed by atoms with van der Waals surface area (Å²) in [6, 6.07) is 5.86. The van der Waals surface area contributed by atoms with Gasteiger partial charge in [-0.3, -0.25) is 4.79 Å². The van der Waals surface area contributed by atoms with Crippen LogP contribution in [0.25, 0.3) is 0 Å². The monoisotopic (exact) mass is 318 g/mol. The third kappa shape index (κ3) is 5.45. The summed E-state index contributed by atoms with van der Waals surface area (Å²) in [6.07, 6.45) is 3.65. The Balaban J connectivity index is 1.85. The molecule has 4 heteroatoms. The van der Waals surface area contributed by atoms with Crippen LogP contribution in [0.15, 0.2) is 18.2 Å². The van der Waals surface area contributed by atoms with E-state index < -0.39 is 0 Å². The Morgan fingerprint density at radius 3 is 2.87 bits per heavy atom. The largest absolute Gasteiger partial charge is 0.491 e. The van der Waals surface area contributed by atoms with Crippen molar-refractivity contribution in [3.05, 3.63) is 23.8 Å². The molecule has 2 N–H and O–H groups in total. The number of amides is 1. The van der Waals surface area contributed by atoms with E-state index in [0.29, 0.717) is 30.6 Å². The van der Waals surface area contributed by atoms with Gasteiger partial charge < -0.3 is 15.4 Å². The van der Waals surface area contributed by atoms with E-state index in [1.807, 2.05) is 23.1 Å². The molecule has 0 radical (unpaired) electrons. The summed E-state index contributed by atoms with van der Waals surface area (Å²) in [6.45, 7) is 8.91. The normalized spacial score (nSPS) is 18.3. The first kappa shape index (κ1) is 17.6. The van der Waals surface area contributed by atoms with Crippen molar-refractivity contribution in [2.24, 2.45) is 11.8 Å². The van der Waals surface area contributed by atoms with Gasteiger partial charge in [0.05, 0.1) is 12.3 Å². The number of aryl methyl sites for hydroxylation is 1. The van der Waals surface area contributed by atoms with Crippen LogP contribution >= 0.6 is 0 Å². The van der Waals surface area contributed by atoms with Crippen molar-refractivity contribution in [3.63, 3.8) is 0 Å². The lowest BCUT2D eigenvalue weighted by molar-refractivity contribution is -0.132. The fraction of sp³-hybridized carbons (Fsp3) is 0.632. The third-order valence-corrected chi connectivity index (χ3v) is 4.28. The number of nitrogens with zero attached hydrogens (tertiary/aromatic N) is 1. The molecule has 1 unspecified atom stereocenters. The lowest BCUT2D eigenvalue weighted by Gasteiger charge is -2.31. The van der Waals surface area contributed by atoms with Crippen molar-refractivity contribution in [2.45, 2.75) is 46.5 Å². The van der Waals surface area contributed by atoms with E-state index in [2.05, 4.69) is 20.8 Å². The molecule has 1 aromatic carbocycles. The Bertz CT molecular complexity index is 528. The van der Waals surface area contributed by atoms with Crippen molar-refractivity contribution in [1.29, 1.82) is 0 Å². The molecular formula is C19H30N2O2. The fourth-order valence-electron chi connectivity index (χ4n) is 2.97. The smallest absolute Gasteiger partial charge is 0.222 e. The standard InChI is InChI=1S/C19H30N2O2/c1-14(2)13-23-18-8-6-16(11-17(18)20)7-9-19(22)21-10-4-5-15(3)12-21/h6,8,11,14-15H,4-5,7,9-10,12-13,20H2,1-3H3. The van der Waals surface area contributed by atoms with Gasteiger partial charge in [0.15, 0.2) is 0 Å². The van der Waals surface area contributed by atoms with E-state index in [0.717, 1.165) is 37.2 Å². The highest BCUT2D eigenvalue weighted by Crippen LogP contribution is 2.24. The first-order chi connectivity index (χ1) is 11.0. The second kappa shape index (κ2) is 8.23. The number of benzene rings is 1. The molecule has 0 aliphatic carbocycles. The third-order valence-electron chi connectivity index (χ3n) is 4.28. The van der Waals surface area contributed by atoms with E-state index in [1.165, 1.54) is 6.42 Å². The van der Waals surface area contributed by atoms with Crippen molar-refractivity contribution < 1.29 is 9.53 Å². The molecule has 23 heavy (non-hydrogen) atoms. The summed E-state index contributed by atoms with van der Waals surface area (Å²) < 4.78 is 5.69. The zero-order valence-electron chi connectivity index (χ0n) is 14.7. The highest BCUT2D eigenvalue weighted by molar-refractivity contribution is 5.76. The molecule has 4 nitrogen and oxygen atoms in total. The molecule has 1 aliphatic heterocycles. The number of anilines is 1. The number of ether oxygens (including phenoxy) is 1. The van der Waals surface area contributed by atoms with Crippen LogP contribution in [-0.2, 0) is 11.2 Å². The second-order valence-corrected chi connectivity index (χ2v) is 7.16. The van der Waals surface area contributed by atoms with Crippen LogP contribution in [0.3, 0.4) is 0 Å². The molecule has 1 saturated heterocycles. The summed E-state index contributed by atoms with van der Waals surface area (Å²) in [4.78, 5) is 14.3. The summed E-state index contributed by atoms with van der Waals surface area (Å²) in [7, 11) is 0. The molecule has 1 atom stereocenters. The molecule has 2 rings (SSSR count). The number of carbonyl (C=O) groups is 1. The average Bonchev–Trinajstić information content (AvgIpc) is 2.51. The minimum absolute atomic E-state index is 0.259. The van der Waals surface area contributed by atoms with E-state index in [-0.39, 0.29) is 5.91 Å². The number of hydrogen-bond acceptors (Lipinski definition) is 3. The Labute approximate surface area is 140 Å². The van der Waals surface area contributed by atoms with Crippen LogP contribution in [0.2, 0.25) is 0 Å². The molecule has 1 amide bonds. The lowest BCUT2D eigenvalue weighted by Crippen LogP contribution is -2.39. The van der Waals surface area contributed by atoms with Gasteiger partial charge in [0.25, 0.3) is 0 Å². The molecule has 1 aliphatic rings. The Kier molecular flexibility index (Phi) is 6.31. The van der Waals surface area contributed by atoms with Crippen LogP contribution in [0.1, 0.15) is 45.6 Å². The number of rotatable bonds is 6. The molecule has 0 saturated carbocycles. The first-order valence-electron chi connectivity index (χ1n) is 8.74. The number of carbonyl (C=O) groups excluding carboxylic acids is 1. The number of piperidine rings is 1. The Morgan fingerprint density at radius 1 is 1.43 bits per heavy atom.